The molecule has 0 bridgehead atoms. The second-order valence-electron chi connectivity index (χ2n) is 10.9. The molecule has 4 aromatic rings. The highest BCUT2D eigenvalue weighted by molar-refractivity contribution is 5.88. The number of carbonyl (C=O) groups excluding carboxylic acids is 1. The van der Waals surface area contributed by atoms with Crippen LogP contribution in [0.25, 0.3) is 16.9 Å². The van der Waals surface area contributed by atoms with E-state index in [1.807, 2.05) is 46.8 Å². The van der Waals surface area contributed by atoms with Crippen LogP contribution in [-0.2, 0) is 19.1 Å². The van der Waals surface area contributed by atoms with Crippen molar-refractivity contribution in [3.63, 3.8) is 0 Å². The molecule has 2 aromatic carbocycles. The van der Waals surface area contributed by atoms with Crippen molar-refractivity contribution in [2.24, 2.45) is 11.7 Å². The van der Waals surface area contributed by atoms with Gasteiger partial charge < -0.3 is 20.7 Å². The summed E-state index contributed by atoms with van der Waals surface area (Å²) in [7, 11) is 0. The molecule has 0 unspecified atom stereocenters. The van der Waals surface area contributed by atoms with E-state index in [-0.39, 0.29) is 0 Å². The lowest BCUT2D eigenvalue weighted by molar-refractivity contribution is -0.137. The number of rotatable bonds is 7. The number of nitrogens with zero attached hydrogens (tertiary/aromatic N) is 4. The lowest BCUT2D eigenvalue weighted by atomic mass is 9.99. The number of anilines is 2. The number of hydrogen-bond acceptors (Lipinski definition) is 5. The van der Waals surface area contributed by atoms with E-state index in [1.165, 1.54) is 0 Å². The summed E-state index contributed by atoms with van der Waals surface area (Å²) in [6.45, 7) is 9.31. The van der Waals surface area contributed by atoms with Gasteiger partial charge in [-0.05, 0) is 55.2 Å². The fraction of sp³-hybridized carbons (Fsp3) is 0.323. The van der Waals surface area contributed by atoms with Crippen LogP contribution in [0, 0.1) is 19.8 Å². The van der Waals surface area contributed by atoms with E-state index in [4.69, 9.17) is 15.6 Å². The first-order valence-corrected chi connectivity index (χ1v) is 13.7. The number of primary amides is 1. The highest BCUT2D eigenvalue weighted by Gasteiger charge is 2.33. The highest BCUT2D eigenvalue weighted by atomic mass is 19.4. The molecule has 0 atom stereocenters. The van der Waals surface area contributed by atoms with Gasteiger partial charge in [0.05, 0.1) is 23.6 Å². The molecule has 8 nitrogen and oxygen atoms in total. The fourth-order valence-electron chi connectivity index (χ4n) is 5.20. The van der Waals surface area contributed by atoms with E-state index < -0.39 is 17.8 Å². The zero-order chi connectivity index (χ0) is 30.2. The van der Waals surface area contributed by atoms with Gasteiger partial charge in [0.15, 0.2) is 0 Å². The fourth-order valence-corrected chi connectivity index (χ4v) is 5.20. The molecule has 0 aliphatic carbocycles. The number of carbonyl (C=O) groups is 1. The number of nitrogens with one attached hydrogen (secondary N) is 1. The largest absolute Gasteiger partial charge is 0.491 e. The van der Waals surface area contributed by atoms with Crippen molar-refractivity contribution in [1.29, 1.82) is 0 Å². The Morgan fingerprint density at radius 2 is 1.86 bits per heavy atom. The van der Waals surface area contributed by atoms with Crippen molar-refractivity contribution in [2.45, 2.75) is 46.8 Å². The van der Waals surface area contributed by atoms with Crippen LogP contribution in [0.2, 0.25) is 0 Å². The molecule has 220 valence electrons. The summed E-state index contributed by atoms with van der Waals surface area (Å²) in [5.41, 5.74) is 10.8. The van der Waals surface area contributed by atoms with Crippen molar-refractivity contribution in [1.82, 2.24) is 14.8 Å². The van der Waals surface area contributed by atoms with Crippen molar-refractivity contribution in [2.75, 3.05) is 23.4 Å². The van der Waals surface area contributed by atoms with Crippen LogP contribution in [0.4, 0.5) is 29.5 Å². The Morgan fingerprint density at radius 3 is 2.50 bits per heavy atom. The first kappa shape index (κ1) is 29.0. The number of aryl methyl sites for hydroxylation is 2. The Bertz CT molecular complexity index is 1610. The van der Waals surface area contributed by atoms with Gasteiger partial charge in [0, 0.05) is 42.5 Å². The number of urea groups is 1. The number of aromatic nitrogens is 3. The number of para-hydroxylation sites is 1. The molecule has 5 rings (SSSR count). The number of fused-ring (bicyclic) bond motifs is 1. The molecule has 42 heavy (non-hydrogen) atoms. The summed E-state index contributed by atoms with van der Waals surface area (Å²) in [6.07, 6.45) is -3.00. The van der Waals surface area contributed by atoms with E-state index in [9.17, 15) is 18.0 Å². The monoisotopic (exact) mass is 578 g/mol. The number of ether oxygens (including phenoxy) is 1. The van der Waals surface area contributed by atoms with Crippen LogP contribution < -0.4 is 20.7 Å². The number of amides is 2. The number of hydrogen-bond donors (Lipinski definition) is 2. The zero-order valence-electron chi connectivity index (χ0n) is 23.9. The lowest BCUT2D eigenvalue weighted by Crippen LogP contribution is -2.31. The van der Waals surface area contributed by atoms with Crippen LogP contribution in [0.5, 0.6) is 5.75 Å². The smallest absolute Gasteiger partial charge is 0.417 e. The molecule has 0 fully saturated rings. The average molecular weight is 579 g/mol. The highest BCUT2D eigenvalue weighted by Crippen LogP contribution is 2.39. The predicted molar refractivity (Wildman–Crippen MR) is 156 cm³/mol. The third-order valence-electron chi connectivity index (χ3n) is 7.12. The summed E-state index contributed by atoms with van der Waals surface area (Å²) in [5.74, 6) is 1.53. The van der Waals surface area contributed by atoms with E-state index in [2.05, 4.69) is 24.1 Å². The Morgan fingerprint density at radius 1 is 1.12 bits per heavy atom. The number of halogens is 3. The summed E-state index contributed by atoms with van der Waals surface area (Å²) in [4.78, 5) is 17.6. The van der Waals surface area contributed by atoms with Crippen LogP contribution in [0.1, 0.15) is 41.8 Å². The Hall–Kier alpha value is -4.54. The van der Waals surface area contributed by atoms with Crippen LogP contribution >= 0.6 is 0 Å². The van der Waals surface area contributed by atoms with Gasteiger partial charge in [-0.2, -0.15) is 18.3 Å². The minimum Gasteiger partial charge on any atom is -0.491 e. The molecule has 3 heterocycles. The Labute approximate surface area is 242 Å². The van der Waals surface area contributed by atoms with Gasteiger partial charge in [-0.1, -0.05) is 38.1 Å². The quantitative estimate of drug-likeness (QED) is 0.256. The van der Waals surface area contributed by atoms with E-state index >= 15 is 0 Å². The van der Waals surface area contributed by atoms with Crippen LogP contribution in [0.15, 0.2) is 54.7 Å². The van der Waals surface area contributed by atoms with E-state index in [0.29, 0.717) is 54.9 Å². The third kappa shape index (κ3) is 5.90. The van der Waals surface area contributed by atoms with Gasteiger partial charge in [0.2, 0.25) is 0 Å². The topological polar surface area (TPSA) is 98.3 Å². The van der Waals surface area contributed by atoms with Gasteiger partial charge in [-0.25, -0.2) is 14.5 Å². The molecule has 2 aromatic heterocycles. The lowest BCUT2D eigenvalue weighted by Gasteiger charge is -2.29. The molecule has 0 spiro atoms. The molecule has 0 saturated carbocycles. The average Bonchev–Trinajstić information content (AvgIpc) is 3.29. The van der Waals surface area contributed by atoms with E-state index in [1.54, 1.807) is 19.1 Å². The number of alkyl halides is 3. The zero-order valence-corrected chi connectivity index (χ0v) is 23.9. The minimum absolute atomic E-state index is 0.321. The minimum atomic E-state index is -4.46. The van der Waals surface area contributed by atoms with Gasteiger partial charge in [0.25, 0.3) is 0 Å². The molecule has 1 aliphatic heterocycles. The number of nitrogens with two attached hydrogens (primary N) is 1. The Kier molecular flexibility index (Phi) is 7.85. The third-order valence-corrected chi connectivity index (χ3v) is 7.12. The maximum absolute atomic E-state index is 13.3. The normalized spacial score (nSPS) is 13.3. The predicted octanol–water partition coefficient (Wildman–Crippen LogP) is 6.66. The SMILES string of the molecule is Cc1cc(C(F)(F)F)cnc1N1CCc2nn(-c3c(C)cccc3OCC(C)C)c(-c3ccc(NC(N)=O)cc3)c2C1. The molecule has 1 aliphatic rings. The molecule has 0 saturated heterocycles. The first-order valence-electron chi connectivity index (χ1n) is 13.7. The molecule has 3 N–H and O–H groups in total. The van der Waals surface area contributed by atoms with Gasteiger partial charge >= 0.3 is 12.2 Å². The number of benzene rings is 2. The van der Waals surface area contributed by atoms with Crippen molar-refractivity contribution in [3.05, 3.63) is 82.7 Å². The molecule has 2 amide bonds. The number of pyridine rings is 1. The van der Waals surface area contributed by atoms with Crippen LogP contribution in [0.3, 0.4) is 0 Å². The van der Waals surface area contributed by atoms with Crippen molar-refractivity contribution >= 4 is 17.5 Å². The summed E-state index contributed by atoms with van der Waals surface area (Å²) in [6, 6.07) is 13.6. The second-order valence-corrected chi connectivity index (χ2v) is 10.9. The van der Waals surface area contributed by atoms with Gasteiger partial charge in [0.1, 0.15) is 17.3 Å². The molecule has 11 heteroatoms. The summed E-state index contributed by atoms with van der Waals surface area (Å²) >= 11 is 0. The maximum Gasteiger partial charge on any atom is 0.417 e. The van der Waals surface area contributed by atoms with Crippen LogP contribution in [-0.4, -0.2) is 33.9 Å². The van der Waals surface area contributed by atoms with Crippen molar-refractivity contribution < 1.29 is 22.7 Å². The Balaban J connectivity index is 1.63. The van der Waals surface area contributed by atoms with Gasteiger partial charge in [-0.15, -0.1) is 0 Å². The maximum atomic E-state index is 13.3. The standard InChI is InChI=1S/C31H33F3N6O2/c1-18(2)17-42-26-7-5-6-19(3)27(26)40-28(21-8-10-23(11-9-21)37-30(35)41)24-16-39(13-12-25(24)38-40)29-20(4)14-22(15-36-29)31(32,33)34/h5-11,14-15,18H,12-13,16-17H2,1-4H3,(H3,35,37,41). The van der Waals surface area contributed by atoms with Gasteiger partial charge in [-0.3, -0.25) is 0 Å². The first-order chi connectivity index (χ1) is 19.9. The molecule has 0 radical (unpaired) electrons. The molecular weight excluding hydrogens is 545 g/mol. The van der Waals surface area contributed by atoms with Crippen molar-refractivity contribution in [3.8, 4) is 22.7 Å². The second kappa shape index (κ2) is 11.4. The van der Waals surface area contributed by atoms with E-state index in [0.717, 1.165) is 46.0 Å². The molecular formula is C31H33F3N6O2. The summed E-state index contributed by atoms with van der Waals surface area (Å²) in [5, 5.41) is 7.65. The summed E-state index contributed by atoms with van der Waals surface area (Å²) < 4.78 is 48.0.